The number of aromatic nitrogens is 3. The number of hydrogen-bond donors (Lipinski definition) is 0. The van der Waals surface area contributed by atoms with Gasteiger partial charge >= 0.3 is 0 Å². The van der Waals surface area contributed by atoms with E-state index in [-0.39, 0.29) is 0 Å². The molecule has 1 heterocycles. The van der Waals surface area contributed by atoms with Crippen molar-refractivity contribution >= 4 is 23.4 Å². The van der Waals surface area contributed by atoms with Gasteiger partial charge in [0, 0.05) is 12.3 Å². The minimum atomic E-state index is 0.342. The standard InChI is InChI=1S/C20H22ClN3OS/c1-4-24-19(12-25-18-11-15(3)8-9-17(18)21)22-23-20(24)26-13-16-7-5-6-14(2)10-16/h5-11H,4,12-13H2,1-3H3. The molecule has 3 aromatic rings. The molecule has 0 N–H and O–H groups in total. The number of aryl methyl sites for hydroxylation is 2. The average Bonchev–Trinajstić information content (AvgIpc) is 3.02. The minimum absolute atomic E-state index is 0.342. The third-order valence-corrected chi connectivity index (χ3v) is 5.35. The highest BCUT2D eigenvalue weighted by Crippen LogP contribution is 2.27. The van der Waals surface area contributed by atoms with Gasteiger partial charge in [0.15, 0.2) is 11.0 Å². The molecule has 0 atom stereocenters. The van der Waals surface area contributed by atoms with Crippen LogP contribution < -0.4 is 4.74 Å². The van der Waals surface area contributed by atoms with Gasteiger partial charge in [-0.25, -0.2) is 0 Å². The van der Waals surface area contributed by atoms with E-state index < -0.39 is 0 Å². The van der Waals surface area contributed by atoms with Gasteiger partial charge in [-0.15, -0.1) is 10.2 Å². The molecule has 0 bridgehead atoms. The Labute approximate surface area is 163 Å². The van der Waals surface area contributed by atoms with Crippen LogP contribution in [0.2, 0.25) is 5.02 Å². The number of benzene rings is 2. The maximum atomic E-state index is 6.20. The number of nitrogens with zero attached hydrogens (tertiary/aromatic N) is 3. The van der Waals surface area contributed by atoms with Crippen molar-refractivity contribution in [1.82, 2.24) is 14.8 Å². The number of ether oxygens (including phenoxy) is 1. The van der Waals surface area contributed by atoms with Crippen LogP contribution in [0.3, 0.4) is 0 Å². The molecule has 4 nitrogen and oxygen atoms in total. The first kappa shape index (κ1) is 18.8. The normalized spacial score (nSPS) is 10.9. The molecule has 0 aliphatic rings. The van der Waals surface area contributed by atoms with Crippen LogP contribution in [0.25, 0.3) is 0 Å². The van der Waals surface area contributed by atoms with Crippen molar-refractivity contribution in [2.24, 2.45) is 0 Å². The summed E-state index contributed by atoms with van der Waals surface area (Å²) in [6.07, 6.45) is 0. The second kappa shape index (κ2) is 8.60. The molecule has 0 amide bonds. The molecule has 0 fully saturated rings. The van der Waals surface area contributed by atoms with Crippen LogP contribution in [0.1, 0.15) is 29.4 Å². The summed E-state index contributed by atoms with van der Waals surface area (Å²) in [5.74, 6) is 2.34. The van der Waals surface area contributed by atoms with Gasteiger partial charge < -0.3 is 9.30 Å². The second-order valence-corrected chi connectivity index (χ2v) is 7.49. The Morgan fingerprint density at radius 3 is 2.65 bits per heavy atom. The lowest BCUT2D eigenvalue weighted by Gasteiger charge is -2.10. The summed E-state index contributed by atoms with van der Waals surface area (Å²) in [5.41, 5.74) is 3.66. The summed E-state index contributed by atoms with van der Waals surface area (Å²) in [5, 5.41) is 10.2. The predicted octanol–water partition coefficient (Wildman–Crippen LogP) is 5.44. The van der Waals surface area contributed by atoms with Crippen LogP contribution in [-0.4, -0.2) is 14.8 Å². The zero-order valence-corrected chi connectivity index (χ0v) is 16.8. The summed E-state index contributed by atoms with van der Waals surface area (Å²) in [4.78, 5) is 0. The first-order valence-corrected chi connectivity index (χ1v) is 9.92. The van der Waals surface area contributed by atoms with E-state index in [1.54, 1.807) is 11.8 Å². The SMILES string of the molecule is CCn1c(COc2cc(C)ccc2Cl)nnc1SCc1cccc(C)c1. The predicted molar refractivity (Wildman–Crippen MR) is 107 cm³/mol. The largest absolute Gasteiger partial charge is 0.484 e. The van der Waals surface area contributed by atoms with E-state index in [0.29, 0.717) is 17.4 Å². The molecular weight excluding hydrogens is 366 g/mol. The van der Waals surface area contributed by atoms with Crippen molar-refractivity contribution in [1.29, 1.82) is 0 Å². The Kier molecular flexibility index (Phi) is 6.22. The first-order chi connectivity index (χ1) is 12.6. The van der Waals surface area contributed by atoms with Crippen LogP contribution in [0.5, 0.6) is 5.75 Å². The summed E-state index contributed by atoms with van der Waals surface area (Å²) >= 11 is 7.89. The number of thioether (sulfide) groups is 1. The highest BCUT2D eigenvalue weighted by atomic mass is 35.5. The van der Waals surface area contributed by atoms with Crippen molar-refractivity contribution in [3.63, 3.8) is 0 Å². The lowest BCUT2D eigenvalue weighted by molar-refractivity contribution is 0.288. The Balaban J connectivity index is 1.68. The van der Waals surface area contributed by atoms with E-state index in [1.807, 2.05) is 25.1 Å². The highest BCUT2D eigenvalue weighted by molar-refractivity contribution is 7.98. The molecule has 0 saturated heterocycles. The second-order valence-electron chi connectivity index (χ2n) is 6.14. The molecular formula is C20H22ClN3OS. The van der Waals surface area contributed by atoms with Crippen molar-refractivity contribution < 1.29 is 4.74 Å². The van der Waals surface area contributed by atoms with Crippen LogP contribution in [0.15, 0.2) is 47.6 Å². The molecule has 3 rings (SSSR count). The molecule has 0 radical (unpaired) electrons. The molecule has 6 heteroatoms. The van der Waals surface area contributed by atoms with Crippen molar-refractivity contribution in [2.75, 3.05) is 0 Å². The number of halogens is 1. The van der Waals surface area contributed by atoms with Crippen LogP contribution in [0.4, 0.5) is 0 Å². The van der Waals surface area contributed by atoms with Gasteiger partial charge in [0.1, 0.15) is 12.4 Å². The van der Waals surface area contributed by atoms with E-state index in [2.05, 4.69) is 52.9 Å². The molecule has 0 aliphatic heterocycles. The van der Waals surface area contributed by atoms with Gasteiger partial charge in [0.25, 0.3) is 0 Å². The van der Waals surface area contributed by atoms with Gasteiger partial charge in [-0.1, -0.05) is 59.3 Å². The maximum absolute atomic E-state index is 6.20. The number of rotatable bonds is 7. The van der Waals surface area contributed by atoms with Crippen LogP contribution in [-0.2, 0) is 18.9 Å². The summed E-state index contributed by atoms with van der Waals surface area (Å²) in [7, 11) is 0. The number of hydrogen-bond acceptors (Lipinski definition) is 4. The smallest absolute Gasteiger partial charge is 0.191 e. The monoisotopic (exact) mass is 387 g/mol. The zero-order chi connectivity index (χ0) is 18.5. The fourth-order valence-corrected chi connectivity index (χ4v) is 3.80. The highest BCUT2D eigenvalue weighted by Gasteiger charge is 2.13. The quantitative estimate of drug-likeness (QED) is 0.506. The van der Waals surface area contributed by atoms with Crippen molar-refractivity contribution in [3.8, 4) is 5.75 Å². The molecule has 0 spiro atoms. The maximum Gasteiger partial charge on any atom is 0.191 e. The minimum Gasteiger partial charge on any atom is -0.484 e. The topological polar surface area (TPSA) is 39.9 Å². The van der Waals surface area contributed by atoms with Crippen LogP contribution >= 0.6 is 23.4 Å². The van der Waals surface area contributed by atoms with Gasteiger partial charge in [-0.05, 0) is 44.0 Å². The van der Waals surface area contributed by atoms with Gasteiger partial charge in [0.05, 0.1) is 5.02 Å². The lowest BCUT2D eigenvalue weighted by Crippen LogP contribution is -2.07. The summed E-state index contributed by atoms with van der Waals surface area (Å²) in [6.45, 7) is 7.34. The molecule has 26 heavy (non-hydrogen) atoms. The van der Waals surface area contributed by atoms with Gasteiger partial charge in [0.2, 0.25) is 0 Å². The fraction of sp³-hybridized carbons (Fsp3) is 0.300. The fourth-order valence-electron chi connectivity index (χ4n) is 2.66. The van der Waals surface area contributed by atoms with Crippen molar-refractivity contribution in [2.45, 2.75) is 44.8 Å². The molecule has 0 aliphatic carbocycles. The molecule has 1 aromatic heterocycles. The van der Waals surface area contributed by atoms with E-state index in [4.69, 9.17) is 16.3 Å². The molecule has 0 saturated carbocycles. The summed E-state index contributed by atoms with van der Waals surface area (Å²) in [6, 6.07) is 14.3. The Morgan fingerprint density at radius 1 is 1.08 bits per heavy atom. The third-order valence-electron chi connectivity index (χ3n) is 4.00. The van der Waals surface area contributed by atoms with E-state index >= 15 is 0 Å². The molecule has 0 unspecified atom stereocenters. The average molecular weight is 388 g/mol. The summed E-state index contributed by atoms with van der Waals surface area (Å²) < 4.78 is 7.96. The molecule has 2 aromatic carbocycles. The van der Waals surface area contributed by atoms with Gasteiger partial charge in [-0.2, -0.15) is 0 Å². The lowest BCUT2D eigenvalue weighted by atomic mass is 10.2. The van der Waals surface area contributed by atoms with Crippen LogP contribution in [0, 0.1) is 13.8 Å². The Morgan fingerprint density at radius 2 is 1.88 bits per heavy atom. The van der Waals surface area contributed by atoms with Gasteiger partial charge in [-0.3, -0.25) is 0 Å². The Bertz CT molecular complexity index is 895. The van der Waals surface area contributed by atoms with E-state index in [1.165, 1.54) is 11.1 Å². The van der Waals surface area contributed by atoms with Crippen molar-refractivity contribution in [3.05, 3.63) is 70.0 Å². The zero-order valence-electron chi connectivity index (χ0n) is 15.2. The van der Waals surface area contributed by atoms with E-state index in [0.717, 1.165) is 28.8 Å². The third kappa shape index (κ3) is 4.59. The van der Waals surface area contributed by atoms with E-state index in [9.17, 15) is 0 Å². The Hall–Kier alpha value is -1.98. The molecule has 136 valence electrons. The first-order valence-electron chi connectivity index (χ1n) is 8.56.